The van der Waals surface area contributed by atoms with Crippen LogP contribution in [0.5, 0.6) is 5.75 Å². The fourth-order valence-corrected chi connectivity index (χ4v) is 3.91. The van der Waals surface area contributed by atoms with Gasteiger partial charge in [0.05, 0.1) is 4.92 Å². The second-order valence-corrected chi connectivity index (χ2v) is 6.41. The molecule has 0 bridgehead atoms. The van der Waals surface area contributed by atoms with Crippen molar-refractivity contribution in [1.29, 1.82) is 0 Å². The summed E-state index contributed by atoms with van der Waals surface area (Å²) in [5, 5.41) is 10.7. The summed E-state index contributed by atoms with van der Waals surface area (Å²) < 4.78 is 49.8. The summed E-state index contributed by atoms with van der Waals surface area (Å²) in [7, 11) is 0.837. The van der Waals surface area contributed by atoms with Crippen molar-refractivity contribution in [2.24, 2.45) is 0 Å². The molecule has 0 aromatic heterocycles. The monoisotopic (exact) mass is 413 g/mol. The van der Waals surface area contributed by atoms with Crippen LogP contribution in [0.25, 0.3) is 0 Å². The van der Waals surface area contributed by atoms with Gasteiger partial charge in [-0.05, 0) is 34.7 Å². The molecule has 11 heteroatoms. The smallest absolute Gasteiger partial charge is 0.387 e. The number of hydrogen-bond acceptors (Lipinski definition) is 5. The molecule has 6 nitrogen and oxygen atoms in total. The molecule has 0 unspecified atom stereocenters. The lowest BCUT2D eigenvalue weighted by molar-refractivity contribution is -0.387. The zero-order chi connectivity index (χ0) is 14.1. The van der Waals surface area contributed by atoms with Crippen molar-refractivity contribution in [2.45, 2.75) is 11.5 Å². The van der Waals surface area contributed by atoms with E-state index in [9.17, 15) is 27.3 Å². The van der Waals surface area contributed by atoms with Crippen molar-refractivity contribution in [3.05, 3.63) is 25.8 Å². The van der Waals surface area contributed by atoms with Crippen molar-refractivity contribution < 1.29 is 26.9 Å². The highest BCUT2D eigenvalue weighted by molar-refractivity contribution is 14.1. The lowest BCUT2D eigenvalue weighted by atomic mass is 10.3. The fraction of sp³-hybridized carbons (Fsp3) is 0.143. The summed E-state index contributed by atoms with van der Waals surface area (Å²) in [5.41, 5.74) is -0.877. The highest BCUT2D eigenvalue weighted by atomic mass is 127. The Balaban J connectivity index is 3.53. The molecule has 0 N–H and O–H groups in total. The second-order valence-electron chi connectivity index (χ2n) is 2.80. The minimum atomic E-state index is -4.22. The number of halogens is 4. The first-order valence-corrected chi connectivity index (χ1v) is 7.39. The van der Waals surface area contributed by atoms with Crippen molar-refractivity contribution in [1.82, 2.24) is 0 Å². The Labute approximate surface area is 118 Å². The van der Waals surface area contributed by atoms with E-state index in [1.165, 1.54) is 22.6 Å². The van der Waals surface area contributed by atoms with Gasteiger partial charge in [-0.15, -0.1) is 0 Å². The van der Waals surface area contributed by atoms with E-state index in [0.717, 1.165) is 12.1 Å². The normalized spacial score (nSPS) is 11.6. The highest BCUT2D eigenvalue weighted by Gasteiger charge is 2.28. The molecule has 1 rings (SSSR count). The molecule has 0 heterocycles. The van der Waals surface area contributed by atoms with Crippen LogP contribution in [-0.4, -0.2) is 20.0 Å². The molecule has 0 spiro atoms. The summed E-state index contributed by atoms with van der Waals surface area (Å²) >= 11 is 1.32. The molecule has 0 radical (unpaired) electrons. The van der Waals surface area contributed by atoms with Gasteiger partial charge in [0.2, 0.25) is 5.75 Å². The summed E-state index contributed by atoms with van der Waals surface area (Å²) in [5.74, 6) is -0.733. The topological polar surface area (TPSA) is 86.5 Å². The van der Waals surface area contributed by atoms with Crippen molar-refractivity contribution >= 4 is 48.0 Å². The van der Waals surface area contributed by atoms with Crippen molar-refractivity contribution in [3.8, 4) is 5.75 Å². The average Bonchev–Trinajstić information content (AvgIpc) is 2.13. The van der Waals surface area contributed by atoms with Crippen LogP contribution in [0.4, 0.5) is 14.5 Å². The Hall–Kier alpha value is -0.750. The molecule has 0 aliphatic heterocycles. The van der Waals surface area contributed by atoms with Gasteiger partial charge in [0.1, 0.15) is 8.47 Å². The molecule has 0 saturated heterocycles. The van der Waals surface area contributed by atoms with E-state index in [1.54, 1.807) is 0 Å². The number of ether oxygens (including phenoxy) is 1. The lowest BCUT2D eigenvalue weighted by Crippen LogP contribution is -2.07. The van der Waals surface area contributed by atoms with Crippen LogP contribution in [0.3, 0.4) is 0 Å². The predicted molar refractivity (Wildman–Crippen MR) is 65.5 cm³/mol. The van der Waals surface area contributed by atoms with Crippen LogP contribution in [0.2, 0.25) is 0 Å². The first kappa shape index (κ1) is 15.3. The number of benzene rings is 1. The van der Waals surface area contributed by atoms with Gasteiger partial charge in [-0.2, -0.15) is 8.78 Å². The fourth-order valence-electron chi connectivity index (χ4n) is 1.08. The molecule has 0 atom stereocenters. The lowest BCUT2D eigenvalue weighted by Gasteiger charge is -2.08. The average molecular weight is 414 g/mol. The van der Waals surface area contributed by atoms with E-state index in [2.05, 4.69) is 4.74 Å². The van der Waals surface area contributed by atoms with Gasteiger partial charge in [0.15, 0.2) is 0 Å². The molecule has 0 fully saturated rings. The number of hydrogen-bond donors (Lipinski definition) is 0. The van der Waals surface area contributed by atoms with Gasteiger partial charge < -0.3 is 4.74 Å². The third-order valence-corrected chi connectivity index (χ3v) is 4.53. The number of rotatable bonds is 4. The summed E-state index contributed by atoms with van der Waals surface area (Å²) in [6.07, 6.45) is 0. The van der Waals surface area contributed by atoms with Gasteiger partial charge in [0, 0.05) is 10.7 Å². The second kappa shape index (κ2) is 5.48. The molecule has 100 valence electrons. The van der Waals surface area contributed by atoms with Crippen molar-refractivity contribution in [3.63, 3.8) is 0 Å². The molecule has 0 saturated carbocycles. The van der Waals surface area contributed by atoms with Gasteiger partial charge in [-0.25, -0.2) is 8.42 Å². The minimum absolute atomic E-state index is 0.397. The number of nitrogens with zero attached hydrogens (tertiary/aromatic N) is 1. The summed E-state index contributed by atoms with van der Waals surface area (Å²) in [6.45, 7) is -3.27. The summed E-state index contributed by atoms with van der Waals surface area (Å²) in [6, 6.07) is 1.61. The van der Waals surface area contributed by atoms with Crippen LogP contribution < -0.4 is 4.74 Å². The van der Waals surface area contributed by atoms with Crippen LogP contribution in [0, 0.1) is 13.7 Å². The van der Waals surface area contributed by atoms with E-state index < -0.39 is 40.5 Å². The maximum atomic E-state index is 12.0. The van der Waals surface area contributed by atoms with E-state index >= 15 is 0 Å². The summed E-state index contributed by atoms with van der Waals surface area (Å²) in [4.78, 5) is 9.18. The highest BCUT2D eigenvalue weighted by Crippen LogP contribution is 2.37. The third kappa shape index (κ3) is 3.38. The largest absolute Gasteiger partial charge is 0.427 e. The number of nitro groups is 1. The molecule has 1 aromatic rings. The zero-order valence-corrected chi connectivity index (χ0v) is 11.9. The Kier molecular flexibility index (Phi) is 4.66. The van der Waals surface area contributed by atoms with E-state index in [0.29, 0.717) is 0 Å². The zero-order valence-electron chi connectivity index (χ0n) is 8.14. The maximum Gasteiger partial charge on any atom is 0.387 e. The van der Waals surface area contributed by atoms with E-state index in [-0.39, 0.29) is 0 Å². The quantitative estimate of drug-likeness (QED) is 0.328. The Morgan fingerprint density at radius 3 is 2.39 bits per heavy atom. The molecular formula is C7H3ClF2INO5S. The molecule has 0 aliphatic rings. The Bertz CT molecular complexity index is 594. The molecule has 1 aromatic carbocycles. The van der Waals surface area contributed by atoms with Crippen LogP contribution in [0.1, 0.15) is 0 Å². The van der Waals surface area contributed by atoms with Crippen molar-refractivity contribution in [2.75, 3.05) is 0 Å². The third-order valence-electron chi connectivity index (χ3n) is 1.71. The maximum absolute atomic E-state index is 12.0. The predicted octanol–water partition coefficient (Wildman–Crippen LogP) is 2.73. The molecular weight excluding hydrogens is 410 g/mol. The van der Waals surface area contributed by atoms with E-state index in [1.807, 2.05) is 0 Å². The molecule has 18 heavy (non-hydrogen) atoms. The van der Waals surface area contributed by atoms with Gasteiger partial charge in [0.25, 0.3) is 9.05 Å². The van der Waals surface area contributed by atoms with Gasteiger partial charge in [-0.1, -0.05) is 0 Å². The molecule has 0 amide bonds. The van der Waals surface area contributed by atoms with Crippen LogP contribution >= 0.6 is 33.3 Å². The van der Waals surface area contributed by atoms with Gasteiger partial charge in [-0.3, -0.25) is 10.1 Å². The first-order valence-electron chi connectivity index (χ1n) is 4.01. The molecule has 0 aliphatic carbocycles. The van der Waals surface area contributed by atoms with Gasteiger partial charge >= 0.3 is 12.3 Å². The number of alkyl halides is 2. The minimum Gasteiger partial charge on any atom is -0.427 e. The van der Waals surface area contributed by atoms with E-state index in [4.69, 9.17) is 10.7 Å². The number of nitro benzene ring substituents is 1. The standard InChI is InChI=1S/C7H3ClF2INO5S/c8-18(15,16)4-2-1-3(17-7(9)10)6(5(4)11)12(13)14/h1-2,7H. The van der Waals surface area contributed by atoms with Crippen LogP contribution in [0.15, 0.2) is 17.0 Å². The first-order chi connectivity index (χ1) is 8.14. The Morgan fingerprint density at radius 1 is 1.44 bits per heavy atom. The SMILES string of the molecule is O=[N+]([O-])c1c(OC(F)F)ccc(S(=O)(=O)Cl)c1I. The van der Waals surface area contributed by atoms with Crippen LogP contribution in [-0.2, 0) is 9.05 Å². The Morgan fingerprint density at radius 2 is 2.00 bits per heavy atom.